The SMILES string of the molecule is Cc1ncsc1CNC1CC(OCC(C)C)C1(C)C. The van der Waals surface area contributed by atoms with Crippen molar-refractivity contribution in [1.29, 1.82) is 0 Å². The van der Waals surface area contributed by atoms with Crippen molar-refractivity contribution in [2.45, 2.75) is 59.7 Å². The van der Waals surface area contributed by atoms with Gasteiger partial charge in [0.1, 0.15) is 0 Å². The third-order valence-electron chi connectivity index (χ3n) is 4.16. The molecule has 1 fully saturated rings. The number of ether oxygens (including phenoxy) is 1. The summed E-state index contributed by atoms with van der Waals surface area (Å²) in [5.74, 6) is 0.614. The summed E-state index contributed by atoms with van der Waals surface area (Å²) < 4.78 is 6.00. The minimum atomic E-state index is 0.230. The predicted molar refractivity (Wildman–Crippen MR) is 80.5 cm³/mol. The predicted octanol–water partition coefficient (Wildman–Crippen LogP) is 3.38. The molecule has 19 heavy (non-hydrogen) atoms. The first-order valence-electron chi connectivity index (χ1n) is 7.15. The summed E-state index contributed by atoms with van der Waals surface area (Å²) in [6.45, 7) is 12.9. The van der Waals surface area contributed by atoms with E-state index in [0.717, 1.165) is 25.3 Å². The smallest absolute Gasteiger partial charge is 0.0798 e. The largest absolute Gasteiger partial charge is 0.377 e. The zero-order chi connectivity index (χ0) is 14.0. The van der Waals surface area contributed by atoms with Crippen LogP contribution in [0, 0.1) is 18.3 Å². The molecule has 2 unspecified atom stereocenters. The second-order valence-corrected chi connectivity index (χ2v) is 7.51. The molecule has 1 N–H and O–H groups in total. The molecule has 4 heteroatoms. The Morgan fingerprint density at radius 2 is 2.26 bits per heavy atom. The highest BCUT2D eigenvalue weighted by molar-refractivity contribution is 7.09. The van der Waals surface area contributed by atoms with E-state index in [4.69, 9.17) is 4.74 Å². The Kier molecular flexibility index (Phi) is 4.64. The van der Waals surface area contributed by atoms with E-state index < -0.39 is 0 Å². The summed E-state index contributed by atoms with van der Waals surface area (Å²) in [5.41, 5.74) is 3.31. The maximum Gasteiger partial charge on any atom is 0.0798 e. The van der Waals surface area contributed by atoms with Crippen LogP contribution in [0.2, 0.25) is 0 Å². The molecule has 3 nitrogen and oxygen atoms in total. The molecule has 0 radical (unpaired) electrons. The number of nitrogens with one attached hydrogen (secondary N) is 1. The Balaban J connectivity index is 1.79. The molecule has 1 aromatic heterocycles. The van der Waals surface area contributed by atoms with Crippen LogP contribution in [0.25, 0.3) is 0 Å². The van der Waals surface area contributed by atoms with Crippen LogP contribution in [-0.2, 0) is 11.3 Å². The van der Waals surface area contributed by atoms with Crippen molar-refractivity contribution in [2.75, 3.05) is 6.61 Å². The molecular formula is C15H26N2OS. The van der Waals surface area contributed by atoms with Crippen LogP contribution < -0.4 is 5.32 Å². The average Bonchev–Trinajstić information content (AvgIpc) is 2.72. The molecule has 1 aromatic rings. The fourth-order valence-corrected chi connectivity index (χ4v) is 3.26. The third kappa shape index (κ3) is 3.36. The lowest BCUT2D eigenvalue weighted by Gasteiger charge is -2.52. The van der Waals surface area contributed by atoms with Crippen molar-refractivity contribution in [3.05, 3.63) is 16.1 Å². The molecule has 0 saturated heterocycles. The topological polar surface area (TPSA) is 34.2 Å². The number of nitrogens with zero attached hydrogens (tertiary/aromatic N) is 1. The Morgan fingerprint density at radius 1 is 1.53 bits per heavy atom. The fraction of sp³-hybridized carbons (Fsp3) is 0.800. The molecule has 108 valence electrons. The maximum atomic E-state index is 6.00. The van der Waals surface area contributed by atoms with Crippen molar-refractivity contribution < 1.29 is 4.74 Å². The summed E-state index contributed by atoms with van der Waals surface area (Å²) >= 11 is 1.74. The van der Waals surface area contributed by atoms with E-state index in [9.17, 15) is 0 Å². The van der Waals surface area contributed by atoms with Crippen LogP contribution in [-0.4, -0.2) is 23.7 Å². The van der Waals surface area contributed by atoms with Gasteiger partial charge in [-0.25, -0.2) is 4.98 Å². The molecule has 0 aliphatic heterocycles. The van der Waals surface area contributed by atoms with Crippen LogP contribution in [0.5, 0.6) is 0 Å². The fourth-order valence-electron chi connectivity index (χ4n) is 2.54. The van der Waals surface area contributed by atoms with Crippen molar-refractivity contribution in [2.24, 2.45) is 11.3 Å². The number of thiazole rings is 1. The molecule has 1 aliphatic rings. The molecule has 1 saturated carbocycles. The van der Waals surface area contributed by atoms with Gasteiger partial charge in [-0.05, 0) is 19.3 Å². The van der Waals surface area contributed by atoms with Crippen LogP contribution in [0.15, 0.2) is 5.51 Å². The van der Waals surface area contributed by atoms with E-state index in [1.165, 1.54) is 4.88 Å². The lowest BCUT2D eigenvalue weighted by Crippen LogP contribution is -2.60. The van der Waals surface area contributed by atoms with Gasteiger partial charge in [0.2, 0.25) is 0 Å². The average molecular weight is 282 g/mol. The van der Waals surface area contributed by atoms with Gasteiger partial charge in [0.05, 0.1) is 17.3 Å². The van der Waals surface area contributed by atoms with Crippen molar-refractivity contribution >= 4 is 11.3 Å². The first-order chi connectivity index (χ1) is 8.91. The summed E-state index contributed by atoms with van der Waals surface area (Å²) in [6, 6.07) is 0.547. The highest BCUT2D eigenvalue weighted by Crippen LogP contribution is 2.43. The molecule has 0 spiro atoms. The number of aromatic nitrogens is 1. The van der Waals surface area contributed by atoms with Crippen molar-refractivity contribution in [1.82, 2.24) is 10.3 Å². The van der Waals surface area contributed by atoms with E-state index in [0.29, 0.717) is 18.1 Å². The minimum Gasteiger partial charge on any atom is -0.377 e. The van der Waals surface area contributed by atoms with Crippen LogP contribution >= 0.6 is 11.3 Å². The summed E-state index contributed by atoms with van der Waals surface area (Å²) in [7, 11) is 0. The van der Waals surface area contributed by atoms with Gasteiger partial charge in [-0.1, -0.05) is 27.7 Å². The van der Waals surface area contributed by atoms with Crippen molar-refractivity contribution in [3.8, 4) is 0 Å². The van der Waals surface area contributed by atoms with E-state index in [1.54, 1.807) is 11.3 Å². The van der Waals surface area contributed by atoms with Gasteiger partial charge in [0.25, 0.3) is 0 Å². The van der Waals surface area contributed by atoms with Crippen LogP contribution in [0.1, 0.15) is 44.7 Å². The Labute approximate surface area is 120 Å². The zero-order valence-corrected chi connectivity index (χ0v) is 13.5. The lowest BCUT2D eigenvalue weighted by molar-refractivity contribution is -0.124. The van der Waals surface area contributed by atoms with E-state index in [-0.39, 0.29) is 5.41 Å². The quantitative estimate of drug-likeness (QED) is 0.868. The molecule has 1 aliphatic carbocycles. The second-order valence-electron chi connectivity index (χ2n) is 6.57. The van der Waals surface area contributed by atoms with Crippen LogP contribution in [0.3, 0.4) is 0 Å². The monoisotopic (exact) mass is 282 g/mol. The number of hydrogen-bond acceptors (Lipinski definition) is 4. The minimum absolute atomic E-state index is 0.230. The van der Waals surface area contributed by atoms with E-state index >= 15 is 0 Å². The van der Waals surface area contributed by atoms with Gasteiger partial charge in [-0.2, -0.15) is 0 Å². The number of rotatable bonds is 6. The second kappa shape index (κ2) is 5.90. The van der Waals surface area contributed by atoms with Gasteiger partial charge >= 0.3 is 0 Å². The summed E-state index contributed by atoms with van der Waals surface area (Å²) in [4.78, 5) is 5.64. The first-order valence-corrected chi connectivity index (χ1v) is 8.03. The molecular weight excluding hydrogens is 256 g/mol. The Morgan fingerprint density at radius 3 is 2.79 bits per heavy atom. The lowest BCUT2D eigenvalue weighted by atomic mass is 9.64. The van der Waals surface area contributed by atoms with Gasteiger partial charge in [-0.3, -0.25) is 0 Å². The summed E-state index contributed by atoms with van der Waals surface area (Å²) in [6.07, 6.45) is 1.52. The van der Waals surface area contributed by atoms with E-state index in [1.807, 2.05) is 5.51 Å². The highest BCUT2D eigenvalue weighted by Gasteiger charge is 2.48. The van der Waals surface area contributed by atoms with Crippen LogP contribution in [0.4, 0.5) is 0 Å². The normalized spacial score (nSPS) is 25.6. The Hall–Kier alpha value is -0.450. The number of aryl methyl sites for hydroxylation is 1. The molecule has 2 atom stereocenters. The molecule has 2 rings (SSSR count). The van der Waals surface area contributed by atoms with Gasteiger partial charge < -0.3 is 10.1 Å². The third-order valence-corrected chi connectivity index (χ3v) is 5.10. The maximum absolute atomic E-state index is 6.00. The highest BCUT2D eigenvalue weighted by atomic mass is 32.1. The molecule has 0 aromatic carbocycles. The standard InChI is InChI=1S/C15H26N2OS/c1-10(2)8-18-14-6-13(15(14,4)5)16-7-12-11(3)17-9-19-12/h9-10,13-14,16H,6-8H2,1-5H3. The Bertz CT molecular complexity index is 414. The summed E-state index contributed by atoms with van der Waals surface area (Å²) in [5, 5.41) is 3.66. The molecule has 0 bridgehead atoms. The van der Waals surface area contributed by atoms with Gasteiger partial charge in [0, 0.05) is 29.5 Å². The van der Waals surface area contributed by atoms with Crippen molar-refractivity contribution in [3.63, 3.8) is 0 Å². The first kappa shape index (κ1) is 14.9. The van der Waals surface area contributed by atoms with Gasteiger partial charge in [0.15, 0.2) is 0 Å². The zero-order valence-electron chi connectivity index (χ0n) is 12.7. The van der Waals surface area contributed by atoms with E-state index in [2.05, 4.69) is 44.9 Å². The molecule has 1 heterocycles. The number of hydrogen-bond donors (Lipinski definition) is 1. The van der Waals surface area contributed by atoms with Gasteiger partial charge in [-0.15, -0.1) is 11.3 Å². The molecule has 0 amide bonds.